The highest BCUT2D eigenvalue weighted by Crippen LogP contribution is 2.24. The molecule has 10 heteroatoms. The van der Waals surface area contributed by atoms with Gasteiger partial charge in [0.25, 0.3) is 0 Å². The number of pyridine rings is 1. The first-order valence-electron chi connectivity index (χ1n) is 10.0. The standard InChI is InChI=1S/C22H23N7O2S/c1-4-23-22(32)28-20-6-5-18-21(27-20)26-19(11-24-18)15-10-25-29(13-15)12-14-7-16(30-2)9-17(8-14)31-3/h5-11,13H,4,12H2,1-3H3,(H2,23,26,27,28,32). The smallest absolute Gasteiger partial charge is 0.180 e. The highest BCUT2D eigenvalue weighted by molar-refractivity contribution is 7.80. The minimum Gasteiger partial charge on any atom is -0.497 e. The van der Waals surface area contributed by atoms with Crippen LogP contribution in [0.5, 0.6) is 11.5 Å². The molecule has 164 valence electrons. The first-order valence-corrected chi connectivity index (χ1v) is 10.4. The molecule has 0 saturated heterocycles. The molecule has 9 nitrogen and oxygen atoms in total. The second-order valence-electron chi connectivity index (χ2n) is 6.93. The summed E-state index contributed by atoms with van der Waals surface area (Å²) in [4.78, 5) is 13.7. The number of thiocarbonyl (C=S) groups is 1. The van der Waals surface area contributed by atoms with Gasteiger partial charge in [0.05, 0.1) is 38.9 Å². The summed E-state index contributed by atoms with van der Waals surface area (Å²) in [5.74, 6) is 2.07. The number of benzene rings is 1. The lowest BCUT2D eigenvalue weighted by Crippen LogP contribution is -2.28. The van der Waals surface area contributed by atoms with Gasteiger partial charge >= 0.3 is 0 Å². The predicted octanol–water partition coefficient (Wildman–Crippen LogP) is 3.26. The van der Waals surface area contributed by atoms with Crippen molar-refractivity contribution in [3.63, 3.8) is 0 Å². The lowest BCUT2D eigenvalue weighted by Gasteiger charge is -2.09. The summed E-state index contributed by atoms with van der Waals surface area (Å²) in [7, 11) is 3.26. The zero-order chi connectivity index (χ0) is 22.5. The number of hydrogen-bond donors (Lipinski definition) is 2. The van der Waals surface area contributed by atoms with Crippen molar-refractivity contribution >= 4 is 34.3 Å². The van der Waals surface area contributed by atoms with Gasteiger partial charge in [0.15, 0.2) is 10.8 Å². The van der Waals surface area contributed by atoms with Gasteiger partial charge in [-0.15, -0.1) is 0 Å². The van der Waals surface area contributed by atoms with Crippen LogP contribution in [0.4, 0.5) is 5.82 Å². The molecule has 0 aliphatic carbocycles. The Morgan fingerprint density at radius 1 is 1.06 bits per heavy atom. The molecule has 0 spiro atoms. The molecule has 4 rings (SSSR count). The van der Waals surface area contributed by atoms with Crippen LogP contribution in [-0.2, 0) is 6.54 Å². The summed E-state index contributed by atoms with van der Waals surface area (Å²) in [6.45, 7) is 3.27. The summed E-state index contributed by atoms with van der Waals surface area (Å²) in [6.07, 6.45) is 5.40. The van der Waals surface area contributed by atoms with E-state index in [4.69, 9.17) is 21.7 Å². The molecule has 0 bridgehead atoms. The molecule has 4 aromatic rings. The number of hydrogen-bond acceptors (Lipinski definition) is 7. The number of nitrogens with zero attached hydrogens (tertiary/aromatic N) is 5. The molecule has 0 radical (unpaired) electrons. The van der Waals surface area contributed by atoms with Gasteiger partial charge < -0.3 is 20.1 Å². The van der Waals surface area contributed by atoms with Crippen molar-refractivity contribution in [1.29, 1.82) is 0 Å². The second kappa shape index (κ2) is 9.56. The van der Waals surface area contributed by atoms with E-state index in [-0.39, 0.29) is 0 Å². The van der Waals surface area contributed by atoms with Crippen molar-refractivity contribution in [3.05, 3.63) is 54.5 Å². The van der Waals surface area contributed by atoms with E-state index in [1.165, 1.54) is 0 Å². The fraction of sp³-hybridized carbons (Fsp3) is 0.227. The third-order valence-electron chi connectivity index (χ3n) is 4.67. The lowest BCUT2D eigenvalue weighted by atomic mass is 10.2. The van der Waals surface area contributed by atoms with E-state index in [9.17, 15) is 0 Å². The Hall–Kier alpha value is -3.79. The Bertz CT molecular complexity index is 1240. The van der Waals surface area contributed by atoms with Gasteiger partial charge in [-0.05, 0) is 49.0 Å². The molecule has 0 atom stereocenters. The van der Waals surface area contributed by atoms with E-state index in [0.717, 1.165) is 29.2 Å². The molecule has 3 aromatic heterocycles. The van der Waals surface area contributed by atoms with E-state index < -0.39 is 0 Å². The molecular weight excluding hydrogens is 426 g/mol. The summed E-state index contributed by atoms with van der Waals surface area (Å²) in [5.41, 5.74) is 3.76. The SMILES string of the molecule is CCNC(=S)Nc1ccc2ncc(-c3cnn(Cc4cc(OC)cc(OC)c4)c3)nc2n1. The maximum atomic E-state index is 5.35. The van der Waals surface area contributed by atoms with Crippen molar-refractivity contribution in [2.75, 3.05) is 26.1 Å². The summed E-state index contributed by atoms with van der Waals surface area (Å²) in [6, 6.07) is 9.42. The molecular formula is C22H23N7O2S. The van der Waals surface area contributed by atoms with E-state index in [0.29, 0.717) is 34.3 Å². The second-order valence-corrected chi connectivity index (χ2v) is 7.33. The summed E-state index contributed by atoms with van der Waals surface area (Å²) >= 11 is 5.22. The van der Waals surface area contributed by atoms with Crippen LogP contribution in [0.2, 0.25) is 0 Å². The van der Waals surface area contributed by atoms with Crippen molar-refractivity contribution in [2.45, 2.75) is 13.5 Å². The maximum absolute atomic E-state index is 5.35. The number of ether oxygens (including phenoxy) is 2. The zero-order valence-electron chi connectivity index (χ0n) is 18.0. The first-order chi connectivity index (χ1) is 15.6. The average Bonchev–Trinajstić information content (AvgIpc) is 3.26. The van der Waals surface area contributed by atoms with Crippen molar-refractivity contribution in [2.24, 2.45) is 0 Å². The van der Waals surface area contributed by atoms with E-state index in [1.807, 2.05) is 48.1 Å². The predicted molar refractivity (Wildman–Crippen MR) is 127 cm³/mol. The van der Waals surface area contributed by atoms with Crippen LogP contribution in [0.1, 0.15) is 12.5 Å². The quantitative estimate of drug-likeness (QED) is 0.412. The molecule has 0 saturated carbocycles. The van der Waals surface area contributed by atoms with Gasteiger partial charge in [0.1, 0.15) is 22.8 Å². The Morgan fingerprint density at radius 2 is 1.84 bits per heavy atom. The topological polar surface area (TPSA) is 99.0 Å². The van der Waals surface area contributed by atoms with Crippen LogP contribution < -0.4 is 20.1 Å². The van der Waals surface area contributed by atoms with Crippen LogP contribution in [0, 0.1) is 0 Å². The molecule has 0 fully saturated rings. The van der Waals surface area contributed by atoms with Crippen LogP contribution >= 0.6 is 12.2 Å². The number of nitrogens with one attached hydrogen (secondary N) is 2. The van der Waals surface area contributed by atoms with Crippen LogP contribution in [0.3, 0.4) is 0 Å². The zero-order valence-corrected chi connectivity index (χ0v) is 18.8. The number of methoxy groups -OCH3 is 2. The van der Waals surface area contributed by atoms with E-state index in [2.05, 4.69) is 30.7 Å². The highest BCUT2D eigenvalue weighted by atomic mass is 32.1. The fourth-order valence-corrected chi connectivity index (χ4v) is 3.40. The number of rotatable bonds is 7. The number of anilines is 1. The molecule has 0 aliphatic rings. The van der Waals surface area contributed by atoms with E-state index >= 15 is 0 Å². The molecule has 32 heavy (non-hydrogen) atoms. The molecule has 0 aliphatic heterocycles. The largest absolute Gasteiger partial charge is 0.497 e. The minimum atomic E-state index is 0.513. The molecule has 1 aromatic carbocycles. The third kappa shape index (κ3) is 4.92. The summed E-state index contributed by atoms with van der Waals surface area (Å²) < 4.78 is 12.5. The van der Waals surface area contributed by atoms with Crippen molar-refractivity contribution in [1.82, 2.24) is 30.0 Å². The van der Waals surface area contributed by atoms with E-state index in [1.54, 1.807) is 26.6 Å². The molecule has 0 amide bonds. The van der Waals surface area contributed by atoms with Gasteiger partial charge in [0, 0.05) is 24.4 Å². The van der Waals surface area contributed by atoms with Crippen molar-refractivity contribution in [3.8, 4) is 22.8 Å². The first kappa shape index (κ1) is 21.4. The van der Waals surface area contributed by atoms with Crippen molar-refractivity contribution < 1.29 is 9.47 Å². The lowest BCUT2D eigenvalue weighted by molar-refractivity contribution is 0.393. The Kier molecular flexibility index (Phi) is 6.41. The van der Waals surface area contributed by atoms with Crippen LogP contribution in [0.25, 0.3) is 22.4 Å². The number of aromatic nitrogens is 5. The average molecular weight is 450 g/mol. The van der Waals surface area contributed by atoms with Gasteiger partial charge in [0.2, 0.25) is 0 Å². The van der Waals surface area contributed by atoms with Crippen LogP contribution in [-0.4, -0.2) is 50.6 Å². The minimum absolute atomic E-state index is 0.513. The monoisotopic (exact) mass is 449 g/mol. The molecule has 0 unspecified atom stereocenters. The van der Waals surface area contributed by atoms with Gasteiger partial charge in [-0.2, -0.15) is 5.10 Å². The highest BCUT2D eigenvalue weighted by Gasteiger charge is 2.09. The number of fused-ring (bicyclic) bond motifs is 1. The fourth-order valence-electron chi connectivity index (χ4n) is 3.15. The Labute approximate surface area is 190 Å². The van der Waals surface area contributed by atoms with Gasteiger partial charge in [-0.1, -0.05) is 0 Å². The Morgan fingerprint density at radius 3 is 2.56 bits per heavy atom. The molecule has 2 N–H and O–H groups in total. The normalized spacial score (nSPS) is 10.7. The Balaban J connectivity index is 1.56. The molecule has 3 heterocycles. The maximum Gasteiger partial charge on any atom is 0.180 e. The third-order valence-corrected chi connectivity index (χ3v) is 4.92. The van der Waals surface area contributed by atoms with Gasteiger partial charge in [-0.3, -0.25) is 9.67 Å². The summed E-state index contributed by atoms with van der Waals surface area (Å²) in [5, 5.41) is 11.1. The van der Waals surface area contributed by atoms with Gasteiger partial charge in [-0.25, -0.2) is 9.97 Å². The van der Waals surface area contributed by atoms with Crippen LogP contribution in [0.15, 0.2) is 48.9 Å².